The van der Waals surface area contributed by atoms with Crippen molar-refractivity contribution in [1.82, 2.24) is 5.32 Å². The molecule has 1 aliphatic heterocycles. The van der Waals surface area contributed by atoms with E-state index in [0.717, 1.165) is 6.54 Å². The van der Waals surface area contributed by atoms with Crippen LogP contribution in [-0.4, -0.2) is 17.4 Å². The van der Waals surface area contributed by atoms with Gasteiger partial charge in [0.1, 0.15) is 0 Å². The van der Waals surface area contributed by atoms with Crippen molar-refractivity contribution < 1.29 is 20.3 Å². The van der Waals surface area contributed by atoms with E-state index in [1.807, 2.05) is 60.7 Å². The van der Waals surface area contributed by atoms with Crippen LogP contribution in [-0.2, 0) is 20.3 Å². The van der Waals surface area contributed by atoms with E-state index in [1.165, 1.54) is 0 Å². The minimum absolute atomic E-state index is 0.215. The Bertz CT molecular complexity index is 379. The molecule has 3 heteroatoms. The van der Waals surface area contributed by atoms with E-state index in [1.54, 1.807) is 0 Å². The molecule has 1 N–H and O–H groups in total. The minimum Gasteiger partial charge on any atom is -0.214 e. The van der Waals surface area contributed by atoms with E-state index in [-0.39, 0.29) is 11.5 Å². The second kappa shape index (κ2) is 9.04. The maximum absolute atomic E-state index is 5.42. The molecule has 1 heterocycles. The third kappa shape index (κ3) is 7.56. The van der Waals surface area contributed by atoms with Gasteiger partial charge >= 0.3 is 69.2 Å². The summed E-state index contributed by atoms with van der Waals surface area (Å²) >= 11 is 3.68. The average Bonchev–Trinajstić information content (AvgIpc) is 3.15. The smallest absolute Gasteiger partial charge is 0.172 e. The molecule has 0 spiro atoms. The summed E-state index contributed by atoms with van der Waals surface area (Å²) in [6, 6.07) is 20.0. The van der Waals surface area contributed by atoms with Crippen LogP contribution in [0.3, 0.4) is 0 Å². The largest absolute Gasteiger partial charge is 0.214 e. The molecule has 1 saturated heterocycles. The van der Waals surface area contributed by atoms with Gasteiger partial charge in [-0.15, -0.1) is 0 Å². The summed E-state index contributed by atoms with van der Waals surface area (Å²) in [6.45, 7) is 7.39. The Morgan fingerprint density at radius 2 is 1.50 bits per heavy atom. The van der Waals surface area contributed by atoms with Gasteiger partial charge in [0, 0.05) is 0 Å². The standard InChI is InChI=1S/C7H13NO.2C5H5.Fe/c1-7(2,3)6-4-8-5-9-6;2*1-2-4-5-3-1;/h6,8H,4H2,1-3H3;2*1-5H;/q;2*-1;+2/t6-;;;/m1.../s1. The predicted molar refractivity (Wildman–Crippen MR) is 81.4 cm³/mol. The summed E-state index contributed by atoms with van der Waals surface area (Å²) in [5.41, 5.74) is 0.215. The van der Waals surface area contributed by atoms with Gasteiger partial charge in [0.15, 0.2) is 0 Å². The molecule has 2 aromatic carbocycles. The van der Waals surface area contributed by atoms with Crippen molar-refractivity contribution in [3.63, 3.8) is 0 Å². The molecule has 2 aromatic rings. The summed E-state index contributed by atoms with van der Waals surface area (Å²) in [4.78, 5) is 0. The first-order valence-corrected chi connectivity index (χ1v) is 7.30. The van der Waals surface area contributed by atoms with E-state index in [0.29, 0.717) is 4.73 Å². The quantitative estimate of drug-likeness (QED) is 0.594. The number of ether oxygens (including phenoxy) is 1. The van der Waals surface area contributed by atoms with Gasteiger partial charge in [-0.25, -0.2) is 24.3 Å². The number of hydrogen-bond donors (Lipinski definition) is 1. The fourth-order valence-electron chi connectivity index (χ4n) is 1.50. The predicted octanol–water partition coefficient (Wildman–Crippen LogP) is 3.47. The summed E-state index contributed by atoms with van der Waals surface area (Å²) in [5.74, 6) is 0. The van der Waals surface area contributed by atoms with E-state index in [4.69, 9.17) is 4.74 Å². The molecule has 2 nitrogen and oxygen atoms in total. The fourth-order valence-corrected chi connectivity index (χ4v) is 1.77. The van der Waals surface area contributed by atoms with Crippen molar-refractivity contribution in [3.05, 3.63) is 60.7 Å². The Balaban J connectivity index is 0.000000167. The number of rotatable bonds is 0. The van der Waals surface area contributed by atoms with Crippen molar-refractivity contribution in [2.45, 2.75) is 26.9 Å². The Morgan fingerprint density at radius 3 is 1.65 bits per heavy atom. The third-order valence-corrected chi connectivity index (χ3v) is 3.07. The number of hydrogen-bond acceptors (Lipinski definition) is 2. The summed E-state index contributed by atoms with van der Waals surface area (Å²) < 4.78 is 6.13. The van der Waals surface area contributed by atoms with Crippen molar-refractivity contribution >= 4 is 4.73 Å². The van der Waals surface area contributed by atoms with E-state index >= 15 is 0 Å². The first-order valence-electron chi connectivity index (χ1n) is 6.75. The molecule has 0 aromatic heterocycles. The Labute approximate surface area is 130 Å². The number of nitrogens with one attached hydrogen (secondary N) is 1. The van der Waals surface area contributed by atoms with Gasteiger partial charge in [-0.2, -0.15) is 36.4 Å². The summed E-state index contributed by atoms with van der Waals surface area (Å²) in [5, 5.41) is 3.06. The first-order chi connectivity index (χ1) is 9.50. The van der Waals surface area contributed by atoms with Crippen LogP contribution in [0.2, 0.25) is 0 Å². The molecule has 3 rings (SSSR count). The van der Waals surface area contributed by atoms with Crippen molar-refractivity contribution in [1.29, 1.82) is 0 Å². The van der Waals surface area contributed by atoms with Gasteiger partial charge in [-0.1, -0.05) is 0 Å². The molecule has 1 fully saturated rings. The molecule has 0 unspecified atom stereocenters. The van der Waals surface area contributed by atoms with E-state index in [2.05, 4.69) is 41.7 Å². The molecule has 0 bridgehead atoms. The molecule has 0 aliphatic carbocycles. The molecule has 0 radical (unpaired) electrons. The van der Waals surface area contributed by atoms with E-state index < -0.39 is 0 Å². The van der Waals surface area contributed by atoms with Crippen LogP contribution >= 0.6 is 0 Å². The molecular formula is C17H23FeNO. The average molecular weight is 313 g/mol. The zero-order valence-corrected chi connectivity index (χ0v) is 13.4. The minimum atomic E-state index is 0.215. The van der Waals surface area contributed by atoms with Crippen LogP contribution in [0.1, 0.15) is 20.8 Å². The van der Waals surface area contributed by atoms with Crippen molar-refractivity contribution in [2.75, 3.05) is 6.54 Å². The van der Waals surface area contributed by atoms with Gasteiger partial charge < -0.3 is 0 Å². The fraction of sp³-hybridized carbons (Fsp3) is 0.353. The van der Waals surface area contributed by atoms with Gasteiger partial charge in [0.2, 0.25) is 0 Å². The van der Waals surface area contributed by atoms with Crippen LogP contribution in [0.4, 0.5) is 0 Å². The molecule has 20 heavy (non-hydrogen) atoms. The third-order valence-electron chi connectivity index (χ3n) is 2.74. The molecule has 0 amide bonds. The summed E-state index contributed by atoms with van der Waals surface area (Å²) in [7, 11) is 0. The molecule has 110 valence electrons. The second-order valence-electron chi connectivity index (χ2n) is 5.54. The maximum atomic E-state index is 5.42. The topological polar surface area (TPSA) is 21.3 Å². The zero-order chi connectivity index (χ0) is 14.8. The van der Waals surface area contributed by atoms with E-state index in [9.17, 15) is 0 Å². The Morgan fingerprint density at radius 1 is 1.05 bits per heavy atom. The zero-order valence-electron chi connectivity index (χ0n) is 12.3. The van der Waals surface area contributed by atoms with Crippen LogP contribution in [0.15, 0.2) is 60.7 Å². The normalized spacial score (nSPS) is 17.8. The molecular weight excluding hydrogens is 290 g/mol. The monoisotopic (exact) mass is 313 g/mol. The second-order valence-corrected chi connectivity index (χ2v) is 6.04. The van der Waals surface area contributed by atoms with Gasteiger partial charge in [-0.3, -0.25) is 0 Å². The molecule has 0 saturated carbocycles. The maximum Gasteiger partial charge on any atom is -0.172 e. The molecule has 1 aliphatic rings. The van der Waals surface area contributed by atoms with Crippen LogP contribution in [0.5, 0.6) is 0 Å². The van der Waals surface area contributed by atoms with Crippen molar-refractivity contribution in [3.8, 4) is 0 Å². The first kappa shape index (κ1) is 17.1. The van der Waals surface area contributed by atoms with Crippen LogP contribution in [0, 0.1) is 5.41 Å². The van der Waals surface area contributed by atoms with Gasteiger partial charge in [-0.05, 0) is 0 Å². The van der Waals surface area contributed by atoms with Gasteiger partial charge in [0.05, 0.1) is 0 Å². The van der Waals surface area contributed by atoms with Crippen LogP contribution < -0.4 is 5.32 Å². The Kier molecular flexibility index (Phi) is 7.71. The van der Waals surface area contributed by atoms with Crippen LogP contribution in [0.25, 0.3) is 0 Å². The van der Waals surface area contributed by atoms with Gasteiger partial charge in [0.25, 0.3) is 0 Å². The SMILES string of the molecule is CC(C)(C)[C@H]1CN[C](=[Fe+2])O1.c1cc[cH-]c1.c1cc[cH-]c1. The Hall–Kier alpha value is -0.991. The molecule has 1 atom stereocenters. The summed E-state index contributed by atoms with van der Waals surface area (Å²) in [6.07, 6.45) is 0.278. The van der Waals surface area contributed by atoms with Crippen molar-refractivity contribution in [2.24, 2.45) is 5.41 Å².